The number of hydrogen-bond acceptors (Lipinski definition) is 3. The molecule has 3 rings (SSSR count). The molecule has 1 saturated heterocycles. The topological polar surface area (TPSA) is 58.6 Å². The van der Waals surface area contributed by atoms with Crippen LogP contribution in [0.4, 0.5) is 5.69 Å². The molecule has 1 atom stereocenters. The molecule has 1 unspecified atom stereocenters. The SMILES string of the molecule is COc1cccc(N2CC(NC(=O)c3cccc(C)c3)CC2=O)c1. The molecule has 1 aliphatic rings. The smallest absolute Gasteiger partial charge is 0.251 e. The van der Waals surface area contributed by atoms with Crippen LogP contribution in [0, 0.1) is 6.92 Å². The molecule has 2 aromatic rings. The van der Waals surface area contributed by atoms with E-state index in [4.69, 9.17) is 4.74 Å². The lowest BCUT2D eigenvalue weighted by Crippen LogP contribution is -2.37. The van der Waals surface area contributed by atoms with E-state index in [-0.39, 0.29) is 17.9 Å². The van der Waals surface area contributed by atoms with Crippen molar-refractivity contribution in [3.8, 4) is 5.75 Å². The lowest BCUT2D eigenvalue weighted by Gasteiger charge is -2.18. The number of aryl methyl sites for hydroxylation is 1. The molecule has 1 aliphatic heterocycles. The lowest BCUT2D eigenvalue weighted by atomic mass is 10.1. The van der Waals surface area contributed by atoms with Gasteiger partial charge in [-0.3, -0.25) is 9.59 Å². The van der Waals surface area contributed by atoms with Gasteiger partial charge < -0.3 is 15.0 Å². The van der Waals surface area contributed by atoms with Crippen LogP contribution in [0.1, 0.15) is 22.3 Å². The van der Waals surface area contributed by atoms with Crippen LogP contribution in [0.3, 0.4) is 0 Å². The molecule has 1 fully saturated rings. The van der Waals surface area contributed by atoms with Crippen LogP contribution >= 0.6 is 0 Å². The Morgan fingerprint density at radius 3 is 2.75 bits per heavy atom. The van der Waals surface area contributed by atoms with Crippen molar-refractivity contribution in [2.45, 2.75) is 19.4 Å². The van der Waals surface area contributed by atoms with Crippen LogP contribution in [-0.2, 0) is 4.79 Å². The van der Waals surface area contributed by atoms with Gasteiger partial charge in [0.2, 0.25) is 5.91 Å². The summed E-state index contributed by atoms with van der Waals surface area (Å²) < 4.78 is 5.20. The zero-order valence-electron chi connectivity index (χ0n) is 13.8. The van der Waals surface area contributed by atoms with Crippen molar-refractivity contribution in [2.75, 3.05) is 18.6 Å². The molecule has 0 bridgehead atoms. The number of nitrogens with zero attached hydrogens (tertiary/aromatic N) is 1. The molecule has 2 amide bonds. The number of anilines is 1. The highest BCUT2D eigenvalue weighted by molar-refractivity contribution is 5.99. The fourth-order valence-corrected chi connectivity index (χ4v) is 2.89. The third-order valence-corrected chi connectivity index (χ3v) is 4.11. The molecule has 0 aromatic heterocycles. The highest BCUT2D eigenvalue weighted by Crippen LogP contribution is 2.25. The first-order valence-electron chi connectivity index (χ1n) is 7.89. The molecule has 1 heterocycles. The van der Waals surface area contributed by atoms with Crippen molar-refractivity contribution in [1.82, 2.24) is 5.32 Å². The molecule has 24 heavy (non-hydrogen) atoms. The minimum absolute atomic E-state index is 0.00204. The molecule has 0 saturated carbocycles. The fraction of sp³-hybridized carbons (Fsp3) is 0.263. The van der Waals surface area contributed by atoms with Gasteiger partial charge in [0.25, 0.3) is 5.91 Å². The Bertz CT molecular complexity index is 773. The van der Waals surface area contributed by atoms with Crippen LogP contribution < -0.4 is 15.0 Å². The minimum Gasteiger partial charge on any atom is -0.497 e. The van der Waals surface area contributed by atoms with Gasteiger partial charge in [0.15, 0.2) is 0 Å². The number of amides is 2. The van der Waals surface area contributed by atoms with Gasteiger partial charge in [-0.25, -0.2) is 0 Å². The first-order chi connectivity index (χ1) is 11.6. The standard InChI is InChI=1S/C19H20N2O3/c1-13-5-3-6-14(9-13)19(23)20-15-10-18(22)21(12-15)16-7-4-8-17(11-16)24-2/h3-9,11,15H,10,12H2,1-2H3,(H,20,23). The van der Waals surface area contributed by atoms with Crippen molar-refractivity contribution in [3.63, 3.8) is 0 Å². The van der Waals surface area contributed by atoms with Gasteiger partial charge >= 0.3 is 0 Å². The molecule has 0 radical (unpaired) electrons. The van der Waals surface area contributed by atoms with Gasteiger partial charge in [-0.05, 0) is 31.2 Å². The third-order valence-electron chi connectivity index (χ3n) is 4.11. The summed E-state index contributed by atoms with van der Waals surface area (Å²) in [6.45, 7) is 2.41. The summed E-state index contributed by atoms with van der Waals surface area (Å²) in [6.07, 6.45) is 0.300. The minimum atomic E-state index is -0.197. The van der Waals surface area contributed by atoms with Gasteiger partial charge in [0, 0.05) is 30.3 Å². The van der Waals surface area contributed by atoms with Crippen molar-refractivity contribution in [2.24, 2.45) is 0 Å². The molecule has 2 aromatic carbocycles. The zero-order valence-corrected chi connectivity index (χ0v) is 13.8. The predicted molar refractivity (Wildman–Crippen MR) is 92.4 cm³/mol. The average molecular weight is 324 g/mol. The maximum atomic E-state index is 12.3. The largest absolute Gasteiger partial charge is 0.497 e. The molecule has 0 spiro atoms. The molecular formula is C19H20N2O3. The summed E-state index contributed by atoms with van der Waals surface area (Å²) in [5, 5.41) is 2.95. The number of methoxy groups -OCH3 is 1. The summed E-state index contributed by atoms with van der Waals surface area (Å²) in [4.78, 5) is 26.3. The maximum Gasteiger partial charge on any atom is 0.251 e. The summed E-state index contributed by atoms with van der Waals surface area (Å²) in [5.74, 6) is 0.550. The second-order valence-electron chi connectivity index (χ2n) is 5.95. The van der Waals surface area contributed by atoms with E-state index >= 15 is 0 Å². The Morgan fingerprint density at radius 1 is 1.21 bits per heavy atom. The molecule has 5 heteroatoms. The van der Waals surface area contributed by atoms with Gasteiger partial charge in [-0.2, -0.15) is 0 Å². The van der Waals surface area contributed by atoms with E-state index in [2.05, 4.69) is 5.32 Å². The number of carbonyl (C=O) groups excluding carboxylic acids is 2. The number of nitrogens with one attached hydrogen (secondary N) is 1. The van der Waals surface area contributed by atoms with Gasteiger partial charge in [0.1, 0.15) is 5.75 Å². The predicted octanol–water partition coefficient (Wildman–Crippen LogP) is 2.54. The normalized spacial score (nSPS) is 17.0. The van der Waals surface area contributed by atoms with E-state index in [0.29, 0.717) is 24.3 Å². The van der Waals surface area contributed by atoms with E-state index in [1.807, 2.05) is 49.4 Å². The monoisotopic (exact) mass is 324 g/mol. The molecule has 0 aliphatic carbocycles. The third kappa shape index (κ3) is 3.40. The Hall–Kier alpha value is -2.82. The van der Waals surface area contributed by atoms with Crippen LogP contribution in [0.25, 0.3) is 0 Å². The molecule has 1 N–H and O–H groups in total. The summed E-state index contributed by atoms with van der Waals surface area (Å²) in [5.41, 5.74) is 2.43. The van der Waals surface area contributed by atoms with E-state index < -0.39 is 0 Å². The fourth-order valence-electron chi connectivity index (χ4n) is 2.89. The number of rotatable bonds is 4. The van der Waals surface area contributed by atoms with E-state index in [0.717, 1.165) is 11.3 Å². The van der Waals surface area contributed by atoms with E-state index in [1.54, 1.807) is 18.1 Å². The Labute approximate surface area is 141 Å². The maximum absolute atomic E-state index is 12.3. The van der Waals surface area contributed by atoms with E-state index in [1.165, 1.54) is 0 Å². The van der Waals surface area contributed by atoms with Crippen LogP contribution in [0.5, 0.6) is 5.75 Å². The van der Waals surface area contributed by atoms with E-state index in [9.17, 15) is 9.59 Å². The van der Waals surface area contributed by atoms with Gasteiger partial charge in [0.05, 0.1) is 13.2 Å². The van der Waals surface area contributed by atoms with Crippen LogP contribution in [0.2, 0.25) is 0 Å². The van der Waals surface area contributed by atoms with Crippen molar-refractivity contribution >= 4 is 17.5 Å². The quantitative estimate of drug-likeness (QED) is 0.940. The van der Waals surface area contributed by atoms with Crippen LogP contribution in [-0.4, -0.2) is 31.5 Å². The summed E-state index contributed by atoms with van der Waals surface area (Å²) >= 11 is 0. The first kappa shape index (κ1) is 16.1. The first-order valence-corrected chi connectivity index (χ1v) is 7.89. The summed E-state index contributed by atoms with van der Waals surface area (Å²) in [6, 6.07) is 14.6. The number of ether oxygens (including phenoxy) is 1. The second kappa shape index (κ2) is 6.74. The highest BCUT2D eigenvalue weighted by Gasteiger charge is 2.31. The summed E-state index contributed by atoms with van der Waals surface area (Å²) in [7, 11) is 1.59. The van der Waals surface area contributed by atoms with Gasteiger partial charge in [-0.15, -0.1) is 0 Å². The average Bonchev–Trinajstić information content (AvgIpc) is 2.95. The Balaban J connectivity index is 1.69. The number of benzene rings is 2. The van der Waals surface area contributed by atoms with Gasteiger partial charge in [-0.1, -0.05) is 23.8 Å². The number of hydrogen-bond donors (Lipinski definition) is 1. The zero-order chi connectivity index (χ0) is 17.1. The Kier molecular flexibility index (Phi) is 4.51. The second-order valence-corrected chi connectivity index (χ2v) is 5.95. The number of carbonyl (C=O) groups is 2. The lowest BCUT2D eigenvalue weighted by molar-refractivity contribution is -0.117. The van der Waals surface area contributed by atoms with Crippen molar-refractivity contribution in [3.05, 3.63) is 59.7 Å². The molecular weight excluding hydrogens is 304 g/mol. The highest BCUT2D eigenvalue weighted by atomic mass is 16.5. The molecule has 124 valence electrons. The Morgan fingerprint density at radius 2 is 2.00 bits per heavy atom. The van der Waals surface area contributed by atoms with Crippen molar-refractivity contribution < 1.29 is 14.3 Å². The van der Waals surface area contributed by atoms with Crippen LogP contribution in [0.15, 0.2) is 48.5 Å². The van der Waals surface area contributed by atoms with Crippen molar-refractivity contribution in [1.29, 1.82) is 0 Å². The molecule has 5 nitrogen and oxygen atoms in total.